The third kappa shape index (κ3) is 4.06. The first-order chi connectivity index (χ1) is 16.2. The van der Waals surface area contributed by atoms with Crippen LogP contribution in [0.2, 0.25) is 0 Å². The largest absolute Gasteiger partial charge is 0.507 e. The highest BCUT2D eigenvalue weighted by Crippen LogP contribution is 2.58. The maximum Gasteiger partial charge on any atom is 0.233 e. The number of phenolic OH excluding ortho intramolecular Hbond substituents is 1. The summed E-state index contributed by atoms with van der Waals surface area (Å²) in [7, 11) is 3.54. The first kappa shape index (κ1) is 22.5. The number of phenols is 1. The fourth-order valence-electron chi connectivity index (χ4n) is 6.07. The molecule has 1 N–H and O–H groups in total. The summed E-state index contributed by atoms with van der Waals surface area (Å²) in [6.07, 6.45) is 7.62. The monoisotopic (exact) mass is 463 g/mol. The highest BCUT2D eigenvalue weighted by atomic mass is 19.1. The van der Waals surface area contributed by atoms with Gasteiger partial charge in [-0.15, -0.1) is 15.3 Å². The molecule has 0 radical (unpaired) electrons. The molecule has 2 fully saturated rings. The van der Waals surface area contributed by atoms with Crippen molar-refractivity contribution in [1.29, 1.82) is 0 Å². The average molecular weight is 464 g/mol. The second-order valence-electron chi connectivity index (χ2n) is 10.6. The summed E-state index contributed by atoms with van der Waals surface area (Å²) in [5.41, 5.74) is 2.16. The molecule has 2 bridgehead atoms. The van der Waals surface area contributed by atoms with E-state index in [9.17, 15) is 9.50 Å². The maximum absolute atomic E-state index is 15.0. The number of anilines is 1. The third-order valence-electron chi connectivity index (χ3n) is 7.72. The summed E-state index contributed by atoms with van der Waals surface area (Å²) >= 11 is 0. The minimum absolute atomic E-state index is 0.0905. The van der Waals surface area contributed by atoms with Crippen molar-refractivity contribution < 1.29 is 14.2 Å². The van der Waals surface area contributed by atoms with Crippen LogP contribution >= 0.6 is 0 Å². The fourth-order valence-corrected chi connectivity index (χ4v) is 6.07. The topological polar surface area (TPSA) is 84.3 Å². The molecule has 1 aromatic carbocycles. The van der Waals surface area contributed by atoms with E-state index in [2.05, 4.69) is 46.2 Å². The van der Waals surface area contributed by atoms with Crippen molar-refractivity contribution in [2.24, 2.45) is 10.8 Å². The number of fused-ring (bicyclic) bond motifs is 2. The van der Waals surface area contributed by atoms with Crippen molar-refractivity contribution in [3.63, 3.8) is 0 Å². The Kier molecular flexibility index (Phi) is 5.41. The molecule has 178 valence electrons. The molecule has 0 aliphatic heterocycles. The zero-order chi connectivity index (χ0) is 24.1. The molecule has 2 aliphatic rings. The molecule has 3 atom stereocenters. The molecular formula is C26H30FN5O2. The summed E-state index contributed by atoms with van der Waals surface area (Å²) < 4.78 is 20.0. The van der Waals surface area contributed by atoms with Crippen LogP contribution in [0.1, 0.15) is 46.0 Å². The Labute approximate surface area is 199 Å². The number of aromatic hydroxyl groups is 1. The normalized spacial score (nSPS) is 25.9. The Bertz CT molecular complexity index is 1200. The number of nitrogens with zero attached hydrogens (tertiary/aromatic N) is 5. The first-order valence-corrected chi connectivity index (χ1v) is 11.7. The highest BCUT2D eigenvalue weighted by molar-refractivity contribution is 5.75. The van der Waals surface area contributed by atoms with Crippen LogP contribution in [0, 0.1) is 16.6 Å². The van der Waals surface area contributed by atoms with E-state index < -0.39 is 5.82 Å². The Balaban J connectivity index is 1.39. The molecule has 5 rings (SSSR count). The second kappa shape index (κ2) is 8.18. The number of aromatic nitrogens is 4. The number of rotatable bonds is 5. The number of hydrogen-bond donors (Lipinski definition) is 1. The Hall–Kier alpha value is -3.29. The van der Waals surface area contributed by atoms with Crippen LogP contribution in [-0.2, 0) is 0 Å². The summed E-state index contributed by atoms with van der Waals surface area (Å²) in [5, 5.41) is 27.0. The van der Waals surface area contributed by atoms with E-state index in [-0.39, 0.29) is 22.8 Å². The predicted molar refractivity (Wildman–Crippen MR) is 128 cm³/mol. The molecule has 34 heavy (non-hydrogen) atoms. The lowest BCUT2D eigenvalue weighted by Crippen LogP contribution is -2.42. The minimum Gasteiger partial charge on any atom is -0.507 e. The second-order valence-corrected chi connectivity index (χ2v) is 10.6. The van der Waals surface area contributed by atoms with Crippen molar-refractivity contribution in [3.05, 3.63) is 42.3 Å². The van der Waals surface area contributed by atoms with Gasteiger partial charge in [0, 0.05) is 35.8 Å². The van der Waals surface area contributed by atoms with E-state index in [0.717, 1.165) is 18.7 Å². The maximum atomic E-state index is 15.0. The van der Waals surface area contributed by atoms with Gasteiger partial charge in [-0.2, -0.15) is 5.10 Å². The number of halogens is 1. The van der Waals surface area contributed by atoms with Gasteiger partial charge in [0.2, 0.25) is 5.88 Å². The molecule has 1 unspecified atom stereocenters. The van der Waals surface area contributed by atoms with Gasteiger partial charge in [0.15, 0.2) is 5.82 Å². The van der Waals surface area contributed by atoms with E-state index in [1.807, 2.05) is 6.07 Å². The first-order valence-electron chi connectivity index (χ1n) is 11.7. The van der Waals surface area contributed by atoms with E-state index in [1.165, 1.54) is 44.7 Å². The number of hydrogen-bond acceptors (Lipinski definition) is 7. The average Bonchev–Trinajstić information content (AvgIpc) is 3.06. The zero-order valence-electron chi connectivity index (χ0n) is 20.0. The lowest BCUT2D eigenvalue weighted by Gasteiger charge is -2.44. The highest BCUT2D eigenvalue weighted by Gasteiger charge is 2.50. The van der Waals surface area contributed by atoms with E-state index >= 15 is 0 Å². The lowest BCUT2D eigenvalue weighted by molar-refractivity contribution is 0.148. The minimum atomic E-state index is -0.509. The molecule has 0 amide bonds. The molecule has 0 saturated heterocycles. The van der Waals surface area contributed by atoms with Gasteiger partial charge in [-0.05, 0) is 67.2 Å². The summed E-state index contributed by atoms with van der Waals surface area (Å²) in [6, 6.07) is 8.29. The standard InChI is InChI=1S/C26H30FN5O2/c1-25-7-8-26(2,15-25)13-17(12-25)32(3)23-6-5-21(29-30-23)19-10-20(27)18(11-22(19)33)16-9-24(34-4)31-28-14-16/h5-6,9-11,14,17,33H,7-8,12-13,15H2,1-4H3/t17?,25-,26+. The van der Waals surface area contributed by atoms with Gasteiger partial charge in [0.05, 0.1) is 19.0 Å². The van der Waals surface area contributed by atoms with Crippen molar-refractivity contribution in [3.8, 4) is 34.0 Å². The molecule has 2 heterocycles. The molecule has 2 aromatic heterocycles. The zero-order valence-corrected chi connectivity index (χ0v) is 20.0. The van der Waals surface area contributed by atoms with Crippen LogP contribution in [0.5, 0.6) is 11.6 Å². The molecule has 0 spiro atoms. The van der Waals surface area contributed by atoms with Crippen molar-refractivity contribution in [1.82, 2.24) is 20.4 Å². The molecule has 3 aromatic rings. The SMILES string of the molecule is COc1cc(-c2cc(O)c(-c3ccc(N(C)C4C[C@]5(C)CC[C@](C)(C4)C5)nn3)cc2F)cnn1. The van der Waals surface area contributed by atoms with Gasteiger partial charge in [-0.25, -0.2) is 4.39 Å². The van der Waals surface area contributed by atoms with Gasteiger partial charge >= 0.3 is 0 Å². The van der Waals surface area contributed by atoms with Crippen LogP contribution < -0.4 is 9.64 Å². The Morgan fingerprint density at radius 1 is 1.03 bits per heavy atom. The Morgan fingerprint density at radius 2 is 1.76 bits per heavy atom. The van der Waals surface area contributed by atoms with Gasteiger partial charge < -0.3 is 14.7 Å². The molecule has 2 saturated carbocycles. The smallest absolute Gasteiger partial charge is 0.233 e. The molecular weight excluding hydrogens is 433 g/mol. The number of ether oxygens (including phenoxy) is 1. The van der Waals surface area contributed by atoms with Gasteiger partial charge in [-0.3, -0.25) is 0 Å². The van der Waals surface area contributed by atoms with E-state index in [4.69, 9.17) is 4.74 Å². The van der Waals surface area contributed by atoms with Crippen molar-refractivity contribution in [2.45, 2.75) is 52.0 Å². The Morgan fingerprint density at radius 3 is 2.41 bits per heavy atom. The van der Waals surface area contributed by atoms with Crippen molar-refractivity contribution in [2.75, 3.05) is 19.1 Å². The fraction of sp³-hybridized carbons (Fsp3) is 0.462. The summed E-state index contributed by atoms with van der Waals surface area (Å²) in [5.74, 6) is 0.450. The van der Waals surface area contributed by atoms with Crippen molar-refractivity contribution >= 4 is 5.82 Å². The molecule has 7 nitrogen and oxygen atoms in total. The predicted octanol–water partition coefficient (Wildman–Crippen LogP) is 5.25. The van der Waals surface area contributed by atoms with E-state index in [1.54, 1.807) is 12.1 Å². The van der Waals surface area contributed by atoms with Crippen LogP contribution in [-0.4, -0.2) is 45.7 Å². The van der Waals surface area contributed by atoms with Crippen LogP contribution in [0.15, 0.2) is 36.5 Å². The van der Waals surface area contributed by atoms with Gasteiger partial charge in [-0.1, -0.05) is 13.8 Å². The number of methoxy groups -OCH3 is 1. The van der Waals surface area contributed by atoms with Crippen LogP contribution in [0.25, 0.3) is 22.4 Å². The summed E-state index contributed by atoms with van der Waals surface area (Å²) in [4.78, 5) is 2.23. The molecule has 8 heteroatoms. The van der Waals surface area contributed by atoms with Crippen LogP contribution in [0.4, 0.5) is 10.2 Å². The van der Waals surface area contributed by atoms with E-state index in [0.29, 0.717) is 28.1 Å². The third-order valence-corrected chi connectivity index (χ3v) is 7.72. The molecule has 2 aliphatic carbocycles. The summed E-state index contributed by atoms with van der Waals surface area (Å²) in [6.45, 7) is 4.82. The van der Waals surface area contributed by atoms with Crippen LogP contribution in [0.3, 0.4) is 0 Å². The van der Waals surface area contributed by atoms with Gasteiger partial charge in [0.1, 0.15) is 11.6 Å². The lowest BCUT2D eigenvalue weighted by atomic mass is 9.68. The quantitative estimate of drug-likeness (QED) is 0.553. The number of benzene rings is 1. The van der Waals surface area contributed by atoms with Gasteiger partial charge in [0.25, 0.3) is 0 Å².